The predicted molar refractivity (Wildman–Crippen MR) is 26.4 cm³/mol. The van der Waals surface area contributed by atoms with Gasteiger partial charge < -0.3 is 0 Å². The third-order valence-corrected chi connectivity index (χ3v) is 1.09. The summed E-state index contributed by atoms with van der Waals surface area (Å²) in [6.07, 6.45) is 0. The number of hydrogen-bond donors (Lipinski definition) is 0. The van der Waals surface area contributed by atoms with Crippen LogP contribution >= 0.6 is 8.25 Å². The van der Waals surface area contributed by atoms with Gasteiger partial charge in [-0.1, -0.05) is 0 Å². The summed E-state index contributed by atoms with van der Waals surface area (Å²) in [5.41, 5.74) is 0. The number of hydrogen-bond acceptors (Lipinski definition) is 4. The van der Waals surface area contributed by atoms with Gasteiger partial charge in [-0.25, -0.2) is 0 Å². The van der Waals surface area contributed by atoms with Gasteiger partial charge in [-0.3, -0.25) is 4.79 Å². The Labute approximate surface area is 66.6 Å². The molecule has 0 saturated heterocycles. The quantitative estimate of drug-likeness (QED) is 0.385. The molecule has 0 aliphatic rings. The summed E-state index contributed by atoms with van der Waals surface area (Å²) >= 11 is 0. The summed E-state index contributed by atoms with van der Waals surface area (Å²) < 4.78 is 18.3. The van der Waals surface area contributed by atoms with Gasteiger partial charge in [-0.05, 0) is 6.92 Å². The van der Waals surface area contributed by atoms with Gasteiger partial charge >= 0.3 is 14.7 Å². The van der Waals surface area contributed by atoms with E-state index in [1.165, 1.54) is 0 Å². The minimum atomic E-state index is -2.20. The largest absolute Gasteiger partial charge is 0.752 e. The van der Waals surface area contributed by atoms with E-state index in [4.69, 9.17) is 0 Å². The topological polar surface area (TPSA) is 52.6 Å². The van der Waals surface area contributed by atoms with E-state index in [-0.39, 0.29) is 32.6 Å². The van der Waals surface area contributed by atoms with Gasteiger partial charge in [0, 0.05) is 24.0 Å². The smallest absolute Gasteiger partial charge is 0.250 e. The van der Waals surface area contributed by atoms with Crippen LogP contribution in [0.4, 0.5) is 0 Å². The van der Waals surface area contributed by atoms with Crippen LogP contribution in [-0.2, 0) is 37.9 Å². The van der Waals surface area contributed by atoms with Gasteiger partial charge in [-0.2, -0.15) is 4.52 Å². The van der Waals surface area contributed by atoms with Crippen molar-refractivity contribution < 1.29 is 37.9 Å². The van der Waals surface area contributed by atoms with E-state index in [0.717, 1.165) is 0 Å². The Bertz CT molecular complexity index is 95.8. The van der Waals surface area contributed by atoms with Gasteiger partial charge in [0.2, 0.25) is 0 Å². The summed E-state index contributed by atoms with van der Waals surface area (Å²) in [5.74, 6) is 0. The molecule has 0 aliphatic heterocycles. The minimum absolute atomic E-state index is 0. The van der Waals surface area contributed by atoms with Crippen LogP contribution in [0.5, 0.6) is 0 Å². The molecule has 9 heavy (non-hydrogen) atoms. The molecule has 0 amide bonds. The third-order valence-electron chi connectivity index (χ3n) is 0.364. The molecule has 0 aromatic heterocycles. The van der Waals surface area contributed by atoms with E-state index in [0.29, 0.717) is 0 Å². The number of carbonyl (C=O) groups is 1. The molecule has 0 heterocycles. The first-order valence-corrected chi connectivity index (χ1v) is 3.11. The van der Waals surface area contributed by atoms with Crippen LogP contribution in [0.15, 0.2) is 0 Å². The van der Waals surface area contributed by atoms with E-state index < -0.39 is 8.25 Å². The molecule has 0 N–H and O–H groups in total. The first kappa shape index (κ1) is 11.9. The zero-order valence-corrected chi connectivity index (χ0v) is 8.93. The fourth-order valence-corrected chi connectivity index (χ4v) is 0.513. The van der Waals surface area contributed by atoms with Crippen molar-refractivity contribution in [1.82, 2.24) is 0 Å². The van der Waals surface area contributed by atoms with Crippen LogP contribution in [0.1, 0.15) is 6.92 Å². The van der Waals surface area contributed by atoms with E-state index in [2.05, 4.69) is 9.05 Å². The second-order valence-corrected chi connectivity index (χ2v) is 1.76. The Hall–Kier alpha value is 0.153. The van der Waals surface area contributed by atoms with Crippen molar-refractivity contribution in [3.63, 3.8) is 0 Å². The van der Waals surface area contributed by atoms with Crippen molar-refractivity contribution in [3.05, 3.63) is 0 Å². The Morgan fingerprint density at radius 1 is 1.67 bits per heavy atom. The van der Waals surface area contributed by atoms with E-state index >= 15 is 0 Å². The van der Waals surface area contributed by atoms with Crippen molar-refractivity contribution in [2.24, 2.45) is 0 Å². The molecule has 1 atom stereocenters. The molecule has 48 valence electrons. The Morgan fingerprint density at radius 2 is 2.22 bits per heavy atom. The standard InChI is InChI=1S/C3H6O4P.Zn/c1-2-6-8(5)7-3-4;/h3H,2H2,1H3;/q+1;. The fraction of sp³-hybridized carbons (Fsp3) is 0.667. The van der Waals surface area contributed by atoms with E-state index in [1.54, 1.807) is 6.92 Å². The molecule has 0 spiro atoms. The second kappa shape index (κ2) is 8.15. The van der Waals surface area contributed by atoms with Gasteiger partial charge in [0.05, 0.1) is 0 Å². The van der Waals surface area contributed by atoms with Crippen molar-refractivity contribution in [2.45, 2.75) is 6.92 Å². The molecule has 0 rings (SSSR count). The summed E-state index contributed by atoms with van der Waals surface area (Å²) in [5, 5.41) is 0. The number of carbonyl (C=O) groups excluding carboxylic acids is 1. The average Bonchev–Trinajstić information content (AvgIpc) is 1.68. The molecule has 0 saturated carbocycles. The maximum atomic E-state index is 10.1. The van der Waals surface area contributed by atoms with E-state index in [1.807, 2.05) is 0 Å². The van der Waals surface area contributed by atoms with Crippen LogP contribution in [0.3, 0.4) is 0 Å². The molecule has 0 bridgehead atoms. The zero-order valence-electron chi connectivity index (χ0n) is 5.07. The summed E-state index contributed by atoms with van der Waals surface area (Å²) in [4.78, 5) is 9.40. The van der Waals surface area contributed by atoms with Crippen LogP contribution < -0.4 is 0 Å². The van der Waals surface area contributed by atoms with Crippen LogP contribution in [0.25, 0.3) is 0 Å². The molecule has 1 unspecified atom stereocenters. The van der Waals surface area contributed by atoms with Crippen molar-refractivity contribution in [2.75, 3.05) is 6.61 Å². The van der Waals surface area contributed by atoms with Crippen LogP contribution in [0.2, 0.25) is 0 Å². The second-order valence-electron chi connectivity index (χ2n) is 0.843. The monoisotopic (exact) mass is 201 g/mol. The van der Waals surface area contributed by atoms with Crippen molar-refractivity contribution in [3.8, 4) is 0 Å². The SMILES string of the molecule is CCO[P+](=O)OC=O.[Zn]. The maximum absolute atomic E-state index is 10.1. The normalized spacial score (nSPS) is 9.22. The van der Waals surface area contributed by atoms with Gasteiger partial charge in [-0.15, -0.1) is 4.52 Å². The van der Waals surface area contributed by atoms with Crippen LogP contribution in [-0.4, -0.2) is 13.1 Å². The molecule has 0 fully saturated rings. The van der Waals surface area contributed by atoms with Crippen LogP contribution in [0, 0.1) is 0 Å². The Balaban J connectivity index is 0. The zero-order chi connectivity index (χ0) is 6.41. The average molecular weight is 202 g/mol. The first-order chi connectivity index (χ1) is 3.81. The maximum Gasteiger partial charge on any atom is 0.752 e. The predicted octanol–water partition coefficient (Wildman–Crippen LogP) is 0.851. The number of rotatable bonds is 4. The first-order valence-electron chi connectivity index (χ1n) is 2.01. The van der Waals surface area contributed by atoms with Crippen molar-refractivity contribution >= 4 is 14.7 Å². The summed E-state index contributed by atoms with van der Waals surface area (Å²) in [6, 6.07) is 0. The minimum Gasteiger partial charge on any atom is -0.250 e. The Morgan fingerprint density at radius 3 is 2.56 bits per heavy atom. The molecule has 6 heteroatoms. The van der Waals surface area contributed by atoms with Gasteiger partial charge in [0.25, 0.3) is 0 Å². The molecule has 0 aliphatic carbocycles. The van der Waals surface area contributed by atoms with Gasteiger partial charge in [0.15, 0.2) is 0 Å². The molecule has 4 nitrogen and oxygen atoms in total. The summed E-state index contributed by atoms with van der Waals surface area (Å²) in [6.45, 7) is 2.03. The Kier molecular flexibility index (Phi) is 10.8. The fourth-order valence-electron chi connectivity index (χ4n) is 0.171. The molecule has 0 radical (unpaired) electrons. The van der Waals surface area contributed by atoms with Gasteiger partial charge in [0.1, 0.15) is 6.61 Å². The molecule has 0 aromatic carbocycles. The summed E-state index contributed by atoms with van der Waals surface area (Å²) in [7, 11) is -2.20. The van der Waals surface area contributed by atoms with Crippen molar-refractivity contribution in [1.29, 1.82) is 0 Å². The molecular formula is C3H6O4PZn+. The molecular weight excluding hydrogens is 196 g/mol. The molecule has 0 aromatic rings. The third kappa shape index (κ3) is 8.15. The van der Waals surface area contributed by atoms with E-state index in [9.17, 15) is 9.36 Å².